The fourth-order valence-electron chi connectivity index (χ4n) is 3.21. The van der Waals surface area contributed by atoms with E-state index in [-0.39, 0.29) is 24.7 Å². The molecule has 1 aliphatic rings. The Morgan fingerprint density at radius 1 is 1.42 bits per heavy atom. The molecule has 130 valence electrons. The number of nitrogens with one attached hydrogen (secondary N) is 1. The lowest BCUT2D eigenvalue weighted by Gasteiger charge is -2.40. The molecule has 1 saturated carbocycles. The SMILES string of the molecule is CCCC(C/C(=N\SNC)c1ccc(C#N)cc1)C1CC(F)(F)C1. The van der Waals surface area contributed by atoms with Gasteiger partial charge in [-0.1, -0.05) is 31.9 Å². The van der Waals surface area contributed by atoms with E-state index in [1.165, 1.54) is 12.1 Å². The molecule has 0 aliphatic heterocycles. The van der Waals surface area contributed by atoms with Crippen LogP contribution in [0.1, 0.15) is 50.2 Å². The highest BCUT2D eigenvalue weighted by atomic mass is 32.2. The minimum Gasteiger partial charge on any atom is -0.247 e. The Kier molecular flexibility index (Phi) is 6.76. The van der Waals surface area contributed by atoms with Crippen molar-refractivity contribution in [2.24, 2.45) is 16.2 Å². The summed E-state index contributed by atoms with van der Waals surface area (Å²) in [5.74, 6) is -2.19. The Balaban J connectivity index is 2.15. The highest BCUT2D eigenvalue weighted by Gasteiger charge is 2.48. The molecule has 0 spiro atoms. The Hall–Kier alpha value is -1.45. The molecule has 1 atom stereocenters. The Morgan fingerprint density at radius 2 is 2.08 bits per heavy atom. The molecule has 0 heterocycles. The third kappa shape index (κ3) is 5.02. The molecule has 24 heavy (non-hydrogen) atoms. The molecule has 2 rings (SSSR count). The maximum absolute atomic E-state index is 13.3. The van der Waals surface area contributed by atoms with Crippen LogP contribution < -0.4 is 4.72 Å². The van der Waals surface area contributed by atoms with E-state index in [9.17, 15) is 8.78 Å². The number of nitrogens with zero attached hydrogens (tertiary/aromatic N) is 2. The van der Waals surface area contributed by atoms with Gasteiger partial charge in [0.2, 0.25) is 5.92 Å². The first-order valence-corrected chi connectivity index (χ1v) is 9.04. The lowest BCUT2D eigenvalue weighted by Crippen LogP contribution is -2.40. The second-order valence-corrected chi connectivity index (χ2v) is 7.07. The standard InChI is InChI=1S/C18H23F2N3S/c1-3-4-15(16-10-18(19,20)11-16)9-17(23-24-22-2)14-7-5-13(12-21)6-8-14/h5-8,15-16,22H,3-4,9-11H2,1-2H3/b23-17+. The molecule has 3 nitrogen and oxygen atoms in total. The fourth-order valence-corrected chi connectivity index (χ4v) is 3.59. The minimum atomic E-state index is -2.48. The number of alkyl halides is 2. The van der Waals surface area contributed by atoms with Crippen molar-refractivity contribution in [1.29, 1.82) is 5.26 Å². The van der Waals surface area contributed by atoms with Crippen molar-refractivity contribution < 1.29 is 8.78 Å². The molecule has 1 unspecified atom stereocenters. The molecule has 0 radical (unpaired) electrons. The maximum atomic E-state index is 13.3. The van der Waals surface area contributed by atoms with E-state index in [1.54, 1.807) is 19.2 Å². The van der Waals surface area contributed by atoms with Gasteiger partial charge in [0, 0.05) is 12.8 Å². The number of benzene rings is 1. The molecule has 0 aromatic heterocycles. The van der Waals surface area contributed by atoms with Gasteiger partial charge in [-0.15, -0.1) is 0 Å². The van der Waals surface area contributed by atoms with Gasteiger partial charge in [-0.3, -0.25) is 0 Å². The van der Waals surface area contributed by atoms with Gasteiger partial charge in [-0.05, 0) is 43.0 Å². The molecule has 6 heteroatoms. The van der Waals surface area contributed by atoms with Crippen LogP contribution in [0.2, 0.25) is 0 Å². The van der Waals surface area contributed by atoms with Gasteiger partial charge in [-0.25, -0.2) is 17.9 Å². The van der Waals surface area contributed by atoms with Gasteiger partial charge in [0.05, 0.1) is 29.5 Å². The summed E-state index contributed by atoms with van der Waals surface area (Å²) in [6.07, 6.45) is 2.59. The van der Waals surface area contributed by atoms with Crippen molar-refractivity contribution >= 4 is 17.8 Å². The van der Waals surface area contributed by atoms with Crippen molar-refractivity contribution in [1.82, 2.24) is 4.72 Å². The lowest BCUT2D eigenvalue weighted by atomic mass is 9.69. The van der Waals surface area contributed by atoms with Gasteiger partial charge in [0.25, 0.3) is 0 Å². The molecule has 1 fully saturated rings. The summed E-state index contributed by atoms with van der Waals surface area (Å²) in [6, 6.07) is 9.39. The average Bonchev–Trinajstić information content (AvgIpc) is 2.55. The predicted molar refractivity (Wildman–Crippen MR) is 95.0 cm³/mol. The van der Waals surface area contributed by atoms with Crippen LogP contribution in [-0.4, -0.2) is 18.7 Å². The zero-order chi connectivity index (χ0) is 17.6. The summed E-state index contributed by atoms with van der Waals surface area (Å²) < 4.78 is 34.0. The first-order chi connectivity index (χ1) is 11.5. The molecule has 1 aromatic rings. The Morgan fingerprint density at radius 3 is 2.58 bits per heavy atom. The first-order valence-electron chi connectivity index (χ1n) is 8.27. The number of halogens is 2. The fraction of sp³-hybridized carbons (Fsp3) is 0.556. The molecule has 0 saturated heterocycles. The van der Waals surface area contributed by atoms with Crippen LogP contribution in [0.5, 0.6) is 0 Å². The number of hydrogen-bond acceptors (Lipinski definition) is 4. The zero-order valence-corrected chi connectivity index (χ0v) is 14.9. The highest BCUT2D eigenvalue weighted by Crippen LogP contribution is 2.48. The van der Waals surface area contributed by atoms with Gasteiger partial charge in [0.1, 0.15) is 0 Å². The molecular weight excluding hydrogens is 328 g/mol. The molecular formula is C18H23F2N3S. The molecule has 1 aromatic carbocycles. The quantitative estimate of drug-likeness (QED) is 0.531. The second kappa shape index (κ2) is 8.59. The van der Waals surface area contributed by atoms with E-state index in [1.807, 2.05) is 12.1 Å². The lowest BCUT2D eigenvalue weighted by molar-refractivity contribution is -0.126. The van der Waals surface area contributed by atoms with E-state index in [2.05, 4.69) is 22.1 Å². The largest absolute Gasteiger partial charge is 0.248 e. The van der Waals surface area contributed by atoms with Gasteiger partial charge < -0.3 is 0 Å². The number of nitriles is 1. The average molecular weight is 351 g/mol. The zero-order valence-electron chi connectivity index (χ0n) is 14.1. The molecule has 1 aliphatic carbocycles. The molecule has 0 amide bonds. The van der Waals surface area contributed by atoms with Crippen LogP contribution in [0.3, 0.4) is 0 Å². The van der Waals surface area contributed by atoms with Gasteiger partial charge in [0.15, 0.2) is 0 Å². The monoisotopic (exact) mass is 351 g/mol. The van der Waals surface area contributed by atoms with E-state index >= 15 is 0 Å². The van der Waals surface area contributed by atoms with E-state index in [0.717, 1.165) is 24.1 Å². The highest BCUT2D eigenvalue weighted by molar-refractivity contribution is 7.96. The summed E-state index contributed by atoms with van der Waals surface area (Å²) >= 11 is 1.24. The third-order valence-corrected chi connectivity index (χ3v) is 4.99. The second-order valence-electron chi connectivity index (χ2n) is 6.30. The van der Waals surface area contributed by atoms with E-state index < -0.39 is 5.92 Å². The topological polar surface area (TPSA) is 48.2 Å². The van der Waals surface area contributed by atoms with E-state index in [4.69, 9.17) is 5.26 Å². The van der Waals surface area contributed by atoms with Crippen LogP contribution in [0.4, 0.5) is 8.78 Å². The molecule has 1 N–H and O–H groups in total. The summed E-state index contributed by atoms with van der Waals surface area (Å²) in [4.78, 5) is 0. The van der Waals surface area contributed by atoms with Gasteiger partial charge >= 0.3 is 0 Å². The van der Waals surface area contributed by atoms with Crippen molar-refractivity contribution in [3.8, 4) is 6.07 Å². The predicted octanol–water partition coefficient (Wildman–Crippen LogP) is 4.98. The van der Waals surface area contributed by atoms with Crippen molar-refractivity contribution in [2.75, 3.05) is 7.05 Å². The number of hydrogen-bond donors (Lipinski definition) is 1. The van der Waals surface area contributed by atoms with Crippen LogP contribution >= 0.6 is 12.1 Å². The summed E-state index contributed by atoms with van der Waals surface area (Å²) in [6.45, 7) is 2.09. The minimum absolute atomic E-state index is 0.00249. The van der Waals surface area contributed by atoms with Crippen LogP contribution in [-0.2, 0) is 0 Å². The normalized spacial score (nSPS) is 18.7. The van der Waals surface area contributed by atoms with Gasteiger partial charge in [-0.2, -0.15) is 5.26 Å². The van der Waals surface area contributed by atoms with Crippen molar-refractivity contribution in [3.63, 3.8) is 0 Å². The third-order valence-electron chi connectivity index (χ3n) is 4.50. The number of rotatable bonds is 8. The summed E-state index contributed by atoms with van der Waals surface area (Å²) in [5.41, 5.74) is 2.44. The summed E-state index contributed by atoms with van der Waals surface area (Å²) in [5, 5.41) is 8.92. The van der Waals surface area contributed by atoms with Crippen molar-refractivity contribution in [2.45, 2.75) is 45.0 Å². The van der Waals surface area contributed by atoms with Crippen LogP contribution in [0.25, 0.3) is 0 Å². The maximum Gasteiger partial charge on any atom is 0.248 e. The van der Waals surface area contributed by atoms with Crippen LogP contribution in [0.15, 0.2) is 28.7 Å². The van der Waals surface area contributed by atoms with Crippen LogP contribution in [0, 0.1) is 23.2 Å². The molecule has 0 bridgehead atoms. The Labute approximate surface area is 146 Å². The summed E-state index contributed by atoms with van der Waals surface area (Å²) in [7, 11) is 1.79. The smallest absolute Gasteiger partial charge is 0.247 e. The Bertz CT molecular complexity index is 600. The van der Waals surface area contributed by atoms with E-state index in [0.29, 0.717) is 12.0 Å². The first kappa shape index (κ1) is 18.9. The van der Waals surface area contributed by atoms with Crippen molar-refractivity contribution in [3.05, 3.63) is 35.4 Å².